The molecule has 0 unspecified atom stereocenters. The molecule has 0 aliphatic rings. The number of aryl methyl sites for hydroxylation is 1. The molecule has 0 aliphatic carbocycles. The second kappa shape index (κ2) is 7.76. The molecule has 0 bridgehead atoms. The maximum absolute atomic E-state index is 12.5. The third-order valence-corrected chi connectivity index (χ3v) is 4.45. The molecular weight excluding hydrogens is 336 g/mol. The summed E-state index contributed by atoms with van der Waals surface area (Å²) in [6.45, 7) is 2.32. The lowest BCUT2D eigenvalue weighted by Gasteiger charge is -2.13. The minimum Gasteiger partial charge on any atom is -0.495 e. The number of benzene rings is 1. The fourth-order valence-electron chi connectivity index (χ4n) is 2.30. The highest BCUT2D eigenvalue weighted by atomic mass is 32.1. The summed E-state index contributed by atoms with van der Waals surface area (Å²) in [5.41, 5.74) is 2.16. The SMILES string of the molecule is COc1ccccc1Nc1ncccc1C(=O)NCc1nc(C)cs1. The summed E-state index contributed by atoms with van der Waals surface area (Å²) in [6, 6.07) is 10.9. The van der Waals surface area contributed by atoms with Crippen LogP contribution in [0.3, 0.4) is 0 Å². The first-order valence-electron chi connectivity index (χ1n) is 7.71. The average Bonchev–Trinajstić information content (AvgIpc) is 3.06. The Hall–Kier alpha value is -2.93. The van der Waals surface area contributed by atoms with Gasteiger partial charge in [-0.2, -0.15) is 0 Å². The quantitative estimate of drug-likeness (QED) is 0.708. The average molecular weight is 354 g/mol. The Kier molecular flexibility index (Phi) is 5.25. The maximum Gasteiger partial charge on any atom is 0.255 e. The second-order valence-corrected chi connectivity index (χ2v) is 6.23. The Morgan fingerprint density at radius 3 is 2.84 bits per heavy atom. The predicted molar refractivity (Wildman–Crippen MR) is 98.5 cm³/mol. The van der Waals surface area contributed by atoms with Crippen LogP contribution in [0.15, 0.2) is 48.0 Å². The molecule has 0 saturated carbocycles. The number of rotatable bonds is 6. The number of nitrogens with zero attached hydrogens (tertiary/aromatic N) is 2. The fourth-order valence-corrected chi connectivity index (χ4v) is 3.01. The van der Waals surface area contributed by atoms with Crippen molar-refractivity contribution in [2.45, 2.75) is 13.5 Å². The van der Waals surface area contributed by atoms with Crippen molar-refractivity contribution in [2.24, 2.45) is 0 Å². The number of amides is 1. The zero-order valence-electron chi connectivity index (χ0n) is 13.9. The molecule has 2 N–H and O–H groups in total. The van der Waals surface area contributed by atoms with Crippen LogP contribution in [0, 0.1) is 6.92 Å². The molecule has 0 radical (unpaired) electrons. The van der Waals surface area contributed by atoms with E-state index in [9.17, 15) is 4.79 Å². The van der Waals surface area contributed by atoms with E-state index in [-0.39, 0.29) is 5.91 Å². The van der Waals surface area contributed by atoms with Crippen LogP contribution in [-0.4, -0.2) is 23.0 Å². The number of methoxy groups -OCH3 is 1. The molecule has 6 nitrogen and oxygen atoms in total. The van der Waals surface area contributed by atoms with Gasteiger partial charge in [-0.3, -0.25) is 4.79 Å². The van der Waals surface area contributed by atoms with E-state index >= 15 is 0 Å². The summed E-state index contributed by atoms with van der Waals surface area (Å²) in [5, 5.41) is 8.87. The first kappa shape index (κ1) is 16.9. The van der Waals surface area contributed by atoms with Crippen molar-refractivity contribution >= 4 is 28.7 Å². The smallest absolute Gasteiger partial charge is 0.255 e. The van der Waals surface area contributed by atoms with Gasteiger partial charge in [0.05, 0.1) is 24.9 Å². The molecule has 0 saturated heterocycles. The van der Waals surface area contributed by atoms with E-state index in [4.69, 9.17) is 4.74 Å². The molecule has 0 aliphatic heterocycles. The molecule has 2 heterocycles. The summed E-state index contributed by atoms with van der Waals surface area (Å²) in [4.78, 5) is 21.2. The van der Waals surface area contributed by atoms with Crippen molar-refractivity contribution in [1.29, 1.82) is 0 Å². The number of pyridine rings is 1. The minimum absolute atomic E-state index is 0.210. The Morgan fingerprint density at radius 2 is 2.08 bits per heavy atom. The van der Waals surface area contributed by atoms with Gasteiger partial charge in [0.15, 0.2) is 0 Å². The number of aromatic nitrogens is 2. The third kappa shape index (κ3) is 4.13. The number of anilines is 2. The summed E-state index contributed by atoms with van der Waals surface area (Å²) < 4.78 is 5.33. The first-order valence-corrected chi connectivity index (χ1v) is 8.59. The number of nitrogens with one attached hydrogen (secondary N) is 2. The van der Waals surface area contributed by atoms with Gasteiger partial charge in [-0.25, -0.2) is 9.97 Å². The largest absolute Gasteiger partial charge is 0.495 e. The van der Waals surface area contributed by atoms with Gasteiger partial charge in [0.1, 0.15) is 16.6 Å². The molecule has 3 rings (SSSR count). The van der Waals surface area contributed by atoms with Crippen LogP contribution < -0.4 is 15.4 Å². The summed E-state index contributed by atoms with van der Waals surface area (Å²) in [5.74, 6) is 0.941. The number of ether oxygens (including phenoxy) is 1. The first-order chi connectivity index (χ1) is 12.2. The van der Waals surface area contributed by atoms with Gasteiger partial charge in [0.2, 0.25) is 0 Å². The van der Waals surface area contributed by atoms with Gasteiger partial charge in [-0.1, -0.05) is 12.1 Å². The van der Waals surface area contributed by atoms with E-state index in [0.717, 1.165) is 16.4 Å². The number of hydrogen-bond acceptors (Lipinski definition) is 6. The molecule has 3 aromatic rings. The molecule has 128 valence electrons. The molecule has 1 aromatic carbocycles. The van der Waals surface area contributed by atoms with Gasteiger partial charge in [0, 0.05) is 17.3 Å². The Labute approximate surface area is 149 Å². The minimum atomic E-state index is -0.210. The van der Waals surface area contributed by atoms with E-state index < -0.39 is 0 Å². The molecule has 7 heteroatoms. The summed E-state index contributed by atoms with van der Waals surface area (Å²) in [7, 11) is 1.60. The molecule has 0 spiro atoms. The van der Waals surface area contributed by atoms with Gasteiger partial charge < -0.3 is 15.4 Å². The highest BCUT2D eigenvalue weighted by molar-refractivity contribution is 7.09. The van der Waals surface area contributed by atoms with Crippen molar-refractivity contribution in [3.63, 3.8) is 0 Å². The maximum atomic E-state index is 12.5. The fraction of sp³-hybridized carbons (Fsp3) is 0.167. The standard InChI is InChI=1S/C18H18N4O2S/c1-12-11-25-16(21-12)10-20-18(23)13-6-5-9-19-17(13)22-14-7-3-4-8-15(14)24-2/h3-9,11H,10H2,1-2H3,(H,19,22)(H,20,23). The van der Waals surface area contributed by atoms with Crippen molar-refractivity contribution in [3.8, 4) is 5.75 Å². The number of thiazole rings is 1. The lowest BCUT2D eigenvalue weighted by Crippen LogP contribution is -2.24. The van der Waals surface area contributed by atoms with E-state index in [2.05, 4.69) is 20.6 Å². The van der Waals surface area contributed by atoms with E-state index in [1.165, 1.54) is 11.3 Å². The summed E-state index contributed by atoms with van der Waals surface area (Å²) in [6.07, 6.45) is 1.64. The van der Waals surface area contributed by atoms with Gasteiger partial charge in [-0.05, 0) is 31.2 Å². The number of carbonyl (C=O) groups excluding carboxylic acids is 1. The summed E-state index contributed by atoms with van der Waals surface area (Å²) >= 11 is 1.52. The highest BCUT2D eigenvalue weighted by Crippen LogP contribution is 2.27. The van der Waals surface area contributed by atoms with Crippen LogP contribution in [-0.2, 0) is 6.54 Å². The zero-order chi connectivity index (χ0) is 17.6. The van der Waals surface area contributed by atoms with Crippen LogP contribution in [0.25, 0.3) is 0 Å². The van der Waals surface area contributed by atoms with Gasteiger partial charge >= 0.3 is 0 Å². The van der Waals surface area contributed by atoms with E-state index in [1.54, 1.807) is 25.4 Å². The molecule has 2 aromatic heterocycles. The Balaban J connectivity index is 1.77. The van der Waals surface area contributed by atoms with Crippen molar-refractivity contribution in [1.82, 2.24) is 15.3 Å². The zero-order valence-corrected chi connectivity index (χ0v) is 14.8. The number of hydrogen-bond donors (Lipinski definition) is 2. The third-order valence-electron chi connectivity index (χ3n) is 3.48. The van der Waals surface area contributed by atoms with E-state index in [0.29, 0.717) is 23.7 Å². The lowest BCUT2D eigenvalue weighted by molar-refractivity contribution is 0.0951. The van der Waals surface area contributed by atoms with Crippen LogP contribution in [0.4, 0.5) is 11.5 Å². The van der Waals surface area contributed by atoms with Crippen LogP contribution in [0.1, 0.15) is 21.1 Å². The van der Waals surface area contributed by atoms with Gasteiger partial charge in [-0.15, -0.1) is 11.3 Å². The van der Waals surface area contributed by atoms with Crippen molar-refractivity contribution in [2.75, 3.05) is 12.4 Å². The lowest BCUT2D eigenvalue weighted by atomic mass is 10.2. The Bertz CT molecular complexity index is 879. The molecule has 0 fully saturated rings. The van der Waals surface area contributed by atoms with Crippen molar-refractivity contribution in [3.05, 3.63) is 64.2 Å². The normalized spacial score (nSPS) is 10.3. The second-order valence-electron chi connectivity index (χ2n) is 5.29. The van der Waals surface area contributed by atoms with Crippen molar-refractivity contribution < 1.29 is 9.53 Å². The number of para-hydroxylation sites is 2. The van der Waals surface area contributed by atoms with Crippen LogP contribution >= 0.6 is 11.3 Å². The molecular formula is C18H18N4O2S. The topological polar surface area (TPSA) is 76.1 Å². The predicted octanol–water partition coefficient (Wildman–Crippen LogP) is 3.53. The Morgan fingerprint density at radius 1 is 1.24 bits per heavy atom. The molecule has 25 heavy (non-hydrogen) atoms. The van der Waals surface area contributed by atoms with Gasteiger partial charge in [0.25, 0.3) is 5.91 Å². The number of carbonyl (C=O) groups is 1. The highest BCUT2D eigenvalue weighted by Gasteiger charge is 2.14. The molecule has 1 amide bonds. The van der Waals surface area contributed by atoms with E-state index in [1.807, 2.05) is 36.6 Å². The molecule has 0 atom stereocenters. The van der Waals surface area contributed by atoms with Crippen LogP contribution in [0.5, 0.6) is 5.75 Å². The van der Waals surface area contributed by atoms with Crippen LogP contribution in [0.2, 0.25) is 0 Å². The monoisotopic (exact) mass is 354 g/mol.